The molecule has 0 radical (unpaired) electrons. The second-order valence-electron chi connectivity index (χ2n) is 9.40. The van der Waals surface area contributed by atoms with Crippen LogP contribution in [0.15, 0.2) is 78.9 Å². The van der Waals surface area contributed by atoms with Gasteiger partial charge >= 0.3 is 0 Å². The molecule has 0 fully saturated rings. The Hall–Kier alpha value is -3.18. The molecular formula is C28H30ClFN2O2. The molecule has 0 aliphatic rings. The summed E-state index contributed by atoms with van der Waals surface area (Å²) in [4.78, 5) is 28.7. The Kier molecular flexibility index (Phi) is 8.46. The van der Waals surface area contributed by atoms with Crippen LogP contribution in [0.2, 0.25) is 5.02 Å². The predicted molar refractivity (Wildman–Crippen MR) is 134 cm³/mol. The quantitative estimate of drug-likeness (QED) is 0.457. The second kappa shape index (κ2) is 11.3. The van der Waals surface area contributed by atoms with Crippen LogP contribution < -0.4 is 5.32 Å². The van der Waals surface area contributed by atoms with Crippen molar-refractivity contribution < 1.29 is 14.0 Å². The second-order valence-corrected chi connectivity index (χ2v) is 9.84. The Labute approximate surface area is 205 Å². The topological polar surface area (TPSA) is 49.4 Å². The minimum Gasteiger partial charge on any atom is -0.350 e. The van der Waals surface area contributed by atoms with E-state index in [1.165, 1.54) is 12.1 Å². The molecule has 1 N–H and O–H groups in total. The van der Waals surface area contributed by atoms with E-state index in [9.17, 15) is 14.0 Å². The highest BCUT2D eigenvalue weighted by Gasteiger charge is 2.32. The normalized spacial score (nSPS) is 12.1. The summed E-state index contributed by atoms with van der Waals surface area (Å²) in [5.41, 5.74) is 1.97. The van der Waals surface area contributed by atoms with E-state index in [4.69, 9.17) is 11.6 Å². The fraction of sp³-hybridized carbons (Fsp3) is 0.286. The van der Waals surface area contributed by atoms with Crippen LogP contribution in [0.1, 0.15) is 37.5 Å². The zero-order valence-electron chi connectivity index (χ0n) is 19.7. The van der Waals surface area contributed by atoms with Crippen LogP contribution in [0.3, 0.4) is 0 Å². The van der Waals surface area contributed by atoms with Crippen molar-refractivity contribution >= 4 is 23.4 Å². The lowest BCUT2D eigenvalue weighted by Crippen LogP contribution is -2.54. The smallest absolute Gasteiger partial charge is 0.243 e. The largest absolute Gasteiger partial charge is 0.350 e. The summed E-state index contributed by atoms with van der Waals surface area (Å²) in [6.45, 7) is 5.89. The number of benzene rings is 3. The van der Waals surface area contributed by atoms with Crippen molar-refractivity contribution in [1.82, 2.24) is 10.2 Å². The molecule has 178 valence electrons. The fourth-order valence-corrected chi connectivity index (χ4v) is 3.93. The van der Waals surface area contributed by atoms with Gasteiger partial charge in [-0.25, -0.2) is 4.39 Å². The van der Waals surface area contributed by atoms with E-state index in [1.54, 1.807) is 35.2 Å². The molecule has 4 nitrogen and oxygen atoms in total. The molecule has 0 aliphatic carbocycles. The van der Waals surface area contributed by atoms with E-state index < -0.39 is 11.6 Å². The highest BCUT2D eigenvalue weighted by molar-refractivity contribution is 6.30. The summed E-state index contributed by atoms with van der Waals surface area (Å²) in [5, 5.41) is 3.57. The van der Waals surface area contributed by atoms with Crippen LogP contribution in [0.4, 0.5) is 4.39 Å². The van der Waals surface area contributed by atoms with E-state index in [1.807, 2.05) is 57.2 Å². The highest BCUT2D eigenvalue weighted by atomic mass is 35.5. The minimum atomic E-state index is -0.752. The number of hydrogen-bond donors (Lipinski definition) is 1. The molecule has 2 amide bonds. The predicted octanol–water partition coefficient (Wildman–Crippen LogP) is 5.58. The number of amides is 2. The van der Waals surface area contributed by atoms with Crippen LogP contribution in [-0.2, 0) is 29.0 Å². The zero-order chi connectivity index (χ0) is 24.7. The van der Waals surface area contributed by atoms with Gasteiger partial charge in [0.05, 0.1) is 6.42 Å². The van der Waals surface area contributed by atoms with Gasteiger partial charge in [-0.3, -0.25) is 9.59 Å². The number of hydrogen-bond acceptors (Lipinski definition) is 2. The summed E-state index contributed by atoms with van der Waals surface area (Å²) in [5.74, 6) is -0.804. The summed E-state index contributed by atoms with van der Waals surface area (Å²) in [7, 11) is 0. The summed E-state index contributed by atoms with van der Waals surface area (Å²) in [6, 6.07) is 22.0. The van der Waals surface area contributed by atoms with Gasteiger partial charge in [-0.1, -0.05) is 66.2 Å². The van der Waals surface area contributed by atoms with Crippen molar-refractivity contribution in [3.8, 4) is 0 Å². The average molecular weight is 481 g/mol. The van der Waals surface area contributed by atoms with Crippen molar-refractivity contribution in [1.29, 1.82) is 0 Å². The Morgan fingerprint density at radius 1 is 0.912 bits per heavy atom. The molecule has 1 unspecified atom stereocenters. The first kappa shape index (κ1) is 25.4. The molecule has 6 heteroatoms. The first-order valence-corrected chi connectivity index (χ1v) is 11.6. The maximum absolute atomic E-state index is 13.6. The van der Waals surface area contributed by atoms with Crippen molar-refractivity contribution in [2.24, 2.45) is 0 Å². The number of carbonyl (C=O) groups excluding carboxylic acids is 2. The first-order chi connectivity index (χ1) is 16.1. The van der Waals surface area contributed by atoms with Gasteiger partial charge < -0.3 is 10.2 Å². The molecule has 34 heavy (non-hydrogen) atoms. The van der Waals surface area contributed by atoms with Crippen LogP contribution in [0.5, 0.6) is 0 Å². The van der Waals surface area contributed by atoms with Crippen LogP contribution in [-0.4, -0.2) is 28.3 Å². The third kappa shape index (κ3) is 7.70. The molecule has 0 aliphatic heterocycles. The SMILES string of the molecule is CC(C)(C)NC(=O)C(Cc1ccccc1)N(Cc1ccc(F)cc1)C(=O)Cc1cccc(Cl)c1. The van der Waals surface area contributed by atoms with Crippen molar-refractivity contribution in [2.45, 2.75) is 51.7 Å². The van der Waals surface area contributed by atoms with E-state index in [-0.39, 0.29) is 30.6 Å². The Balaban J connectivity index is 1.98. The lowest BCUT2D eigenvalue weighted by atomic mass is 10.00. The minimum absolute atomic E-state index is 0.0931. The maximum Gasteiger partial charge on any atom is 0.243 e. The number of carbonyl (C=O) groups is 2. The highest BCUT2D eigenvalue weighted by Crippen LogP contribution is 2.19. The Bertz CT molecular complexity index is 1110. The van der Waals surface area contributed by atoms with Crippen LogP contribution >= 0.6 is 11.6 Å². The van der Waals surface area contributed by atoms with Gasteiger partial charge in [0.25, 0.3) is 0 Å². The van der Waals surface area contributed by atoms with Gasteiger partial charge in [0.15, 0.2) is 0 Å². The average Bonchev–Trinajstić information content (AvgIpc) is 2.77. The third-order valence-electron chi connectivity index (χ3n) is 5.28. The number of nitrogens with one attached hydrogen (secondary N) is 1. The molecule has 3 aromatic rings. The van der Waals surface area contributed by atoms with Crippen molar-refractivity contribution in [3.63, 3.8) is 0 Å². The molecule has 0 spiro atoms. The molecule has 3 rings (SSSR count). The number of rotatable bonds is 8. The maximum atomic E-state index is 13.6. The molecule has 0 bridgehead atoms. The van der Waals surface area contributed by atoms with Gasteiger partial charge in [-0.2, -0.15) is 0 Å². The summed E-state index contributed by atoms with van der Waals surface area (Å²) in [6.07, 6.45) is 0.446. The van der Waals surface area contributed by atoms with Crippen molar-refractivity contribution in [3.05, 3.63) is 106 Å². The Morgan fingerprint density at radius 2 is 1.56 bits per heavy atom. The summed E-state index contributed by atoms with van der Waals surface area (Å²) < 4.78 is 13.5. The van der Waals surface area contributed by atoms with Gasteiger partial charge in [0.1, 0.15) is 11.9 Å². The standard InChI is InChI=1S/C28H30ClFN2O2/c1-28(2,3)31-27(34)25(17-20-8-5-4-6-9-20)32(19-21-12-14-24(30)15-13-21)26(33)18-22-10-7-11-23(29)16-22/h4-16,25H,17-19H2,1-3H3,(H,31,34). The van der Waals surface area contributed by atoms with E-state index >= 15 is 0 Å². The van der Waals surface area contributed by atoms with Gasteiger partial charge in [-0.05, 0) is 61.7 Å². The van der Waals surface area contributed by atoms with Gasteiger partial charge in [-0.15, -0.1) is 0 Å². The molecule has 0 aromatic heterocycles. The lowest BCUT2D eigenvalue weighted by molar-refractivity contribution is -0.141. The van der Waals surface area contributed by atoms with Crippen LogP contribution in [0.25, 0.3) is 0 Å². The molecule has 1 atom stereocenters. The number of nitrogens with zero attached hydrogens (tertiary/aromatic N) is 1. The monoisotopic (exact) mass is 480 g/mol. The van der Waals surface area contributed by atoms with Crippen LogP contribution in [0, 0.1) is 5.82 Å². The Morgan fingerprint density at radius 3 is 2.18 bits per heavy atom. The summed E-state index contributed by atoms with van der Waals surface area (Å²) >= 11 is 6.12. The molecule has 0 saturated carbocycles. The van der Waals surface area contributed by atoms with Crippen molar-refractivity contribution in [2.75, 3.05) is 0 Å². The van der Waals surface area contributed by atoms with E-state index in [2.05, 4.69) is 5.32 Å². The van der Waals surface area contributed by atoms with E-state index in [0.717, 1.165) is 16.7 Å². The first-order valence-electron chi connectivity index (χ1n) is 11.2. The molecular weight excluding hydrogens is 451 g/mol. The fourth-order valence-electron chi connectivity index (χ4n) is 3.72. The molecule has 3 aromatic carbocycles. The third-order valence-corrected chi connectivity index (χ3v) is 5.51. The van der Waals surface area contributed by atoms with Gasteiger partial charge in [0.2, 0.25) is 11.8 Å². The number of halogens is 2. The van der Waals surface area contributed by atoms with E-state index in [0.29, 0.717) is 11.4 Å². The van der Waals surface area contributed by atoms with Gasteiger partial charge in [0, 0.05) is 23.5 Å². The molecule has 0 saturated heterocycles. The zero-order valence-corrected chi connectivity index (χ0v) is 20.5. The molecule has 0 heterocycles. The lowest BCUT2D eigenvalue weighted by Gasteiger charge is -2.34.